The molecule has 3 heterocycles. The number of benzene rings is 1. The predicted octanol–water partition coefficient (Wildman–Crippen LogP) is 2.88. The Labute approximate surface area is 165 Å². The first kappa shape index (κ1) is 19.2. The third-order valence-corrected chi connectivity index (χ3v) is 7.32. The number of hydrogen-bond donors (Lipinski definition) is 0. The fourth-order valence-electron chi connectivity index (χ4n) is 3.29. The summed E-state index contributed by atoms with van der Waals surface area (Å²) >= 11 is 0. The minimum atomic E-state index is -3.78. The van der Waals surface area contributed by atoms with Gasteiger partial charge in [-0.15, -0.1) is 0 Å². The van der Waals surface area contributed by atoms with Gasteiger partial charge >= 0.3 is 7.12 Å². The largest absolute Gasteiger partial charge is 0.497 e. The van der Waals surface area contributed by atoms with Gasteiger partial charge in [-0.1, -0.05) is 18.2 Å². The van der Waals surface area contributed by atoms with Crippen LogP contribution >= 0.6 is 0 Å². The number of pyridine rings is 1. The minimum absolute atomic E-state index is 0.216. The van der Waals surface area contributed by atoms with Gasteiger partial charge in [-0.25, -0.2) is 12.4 Å². The van der Waals surface area contributed by atoms with E-state index in [1.165, 1.54) is 3.97 Å². The van der Waals surface area contributed by atoms with E-state index in [0.29, 0.717) is 11.0 Å². The summed E-state index contributed by atoms with van der Waals surface area (Å²) < 4.78 is 40.2. The maximum absolute atomic E-state index is 13.3. The Morgan fingerprint density at radius 1 is 1.04 bits per heavy atom. The van der Waals surface area contributed by atoms with E-state index >= 15 is 0 Å². The molecule has 0 atom stereocenters. The molecule has 1 saturated heterocycles. The highest BCUT2D eigenvalue weighted by atomic mass is 32.2. The quantitative estimate of drug-likeness (QED) is 0.635. The Morgan fingerprint density at radius 2 is 1.64 bits per heavy atom. The van der Waals surface area contributed by atoms with Gasteiger partial charge in [-0.05, 0) is 52.8 Å². The highest BCUT2D eigenvalue weighted by Crippen LogP contribution is 2.37. The van der Waals surface area contributed by atoms with Gasteiger partial charge in [0.05, 0.1) is 27.8 Å². The molecule has 1 aromatic carbocycles. The molecule has 0 N–H and O–H groups in total. The van der Waals surface area contributed by atoms with Crippen LogP contribution in [0.2, 0.25) is 0 Å². The first-order valence-electron chi connectivity index (χ1n) is 9.17. The van der Waals surface area contributed by atoms with Crippen molar-refractivity contribution in [1.82, 2.24) is 8.96 Å². The molecule has 0 aliphatic carbocycles. The summed E-state index contributed by atoms with van der Waals surface area (Å²) in [5, 5.41) is 0.755. The van der Waals surface area contributed by atoms with Gasteiger partial charge in [0.25, 0.3) is 10.0 Å². The summed E-state index contributed by atoms with van der Waals surface area (Å²) in [6.45, 7) is 9.76. The Kier molecular flexibility index (Phi) is 4.23. The zero-order valence-electron chi connectivity index (χ0n) is 16.6. The molecule has 1 aliphatic rings. The van der Waals surface area contributed by atoms with E-state index in [2.05, 4.69) is 4.98 Å². The molecule has 4 rings (SSSR count). The van der Waals surface area contributed by atoms with Crippen LogP contribution in [-0.4, -0.2) is 35.7 Å². The maximum Gasteiger partial charge on any atom is 0.497 e. The van der Waals surface area contributed by atoms with Crippen LogP contribution in [0.15, 0.2) is 53.7 Å². The maximum atomic E-state index is 13.3. The average Bonchev–Trinajstić information content (AvgIpc) is 3.10. The lowest BCUT2D eigenvalue weighted by Crippen LogP contribution is -2.41. The molecule has 0 amide bonds. The van der Waals surface area contributed by atoms with E-state index in [1.54, 1.807) is 42.7 Å². The number of fused-ring (bicyclic) bond motifs is 1. The van der Waals surface area contributed by atoms with Crippen molar-refractivity contribution in [1.29, 1.82) is 0 Å². The third kappa shape index (κ3) is 2.87. The molecule has 0 saturated carbocycles. The molecule has 2 aromatic heterocycles. The van der Waals surface area contributed by atoms with E-state index in [9.17, 15) is 8.42 Å². The SMILES string of the molecule is Cc1cc2c(B3OC(C)(C)C(C)(C)O3)cn(S(=O)(=O)c3ccccc3)c2cn1. The molecule has 1 fully saturated rings. The second-order valence-electron chi connectivity index (χ2n) is 8.13. The average molecular weight is 398 g/mol. The van der Waals surface area contributed by atoms with Crippen LogP contribution in [0.1, 0.15) is 33.4 Å². The molecule has 0 bridgehead atoms. The van der Waals surface area contributed by atoms with E-state index < -0.39 is 28.3 Å². The molecule has 1 aliphatic heterocycles. The van der Waals surface area contributed by atoms with Gasteiger partial charge in [0.15, 0.2) is 0 Å². The highest BCUT2D eigenvalue weighted by molar-refractivity contribution is 7.90. The number of nitrogens with zero attached hydrogens (tertiary/aromatic N) is 2. The lowest BCUT2D eigenvalue weighted by Gasteiger charge is -2.32. The van der Waals surface area contributed by atoms with Crippen LogP contribution in [0.25, 0.3) is 10.9 Å². The van der Waals surface area contributed by atoms with Crippen molar-refractivity contribution in [2.75, 3.05) is 0 Å². The summed E-state index contributed by atoms with van der Waals surface area (Å²) in [4.78, 5) is 4.52. The van der Waals surface area contributed by atoms with Gasteiger partial charge in [0.2, 0.25) is 0 Å². The zero-order valence-corrected chi connectivity index (χ0v) is 17.4. The molecular weight excluding hydrogens is 375 g/mol. The summed E-state index contributed by atoms with van der Waals surface area (Å²) in [7, 11) is -4.44. The minimum Gasteiger partial charge on any atom is -0.399 e. The van der Waals surface area contributed by atoms with Gasteiger partial charge in [0, 0.05) is 22.7 Å². The van der Waals surface area contributed by atoms with Crippen molar-refractivity contribution in [3.8, 4) is 0 Å². The van der Waals surface area contributed by atoms with Crippen molar-refractivity contribution in [3.05, 3.63) is 54.5 Å². The van der Waals surface area contributed by atoms with E-state index in [-0.39, 0.29) is 4.90 Å². The lowest BCUT2D eigenvalue weighted by molar-refractivity contribution is 0.00578. The molecule has 146 valence electrons. The fraction of sp³-hybridized carbons (Fsp3) is 0.350. The molecule has 8 heteroatoms. The molecule has 6 nitrogen and oxygen atoms in total. The van der Waals surface area contributed by atoms with E-state index in [0.717, 1.165) is 11.1 Å². The summed E-state index contributed by atoms with van der Waals surface area (Å²) in [6.07, 6.45) is 3.18. The zero-order chi connectivity index (χ0) is 20.3. The highest BCUT2D eigenvalue weighted by Gasteiger charge is 2.52. The number of aromatic nitrogens is 2. The molecule has 0 unspecified atom stereocenters. The summed E-state index contributed by atoms with van der Waals surface area (Å²) in [5.41, 5.74) is 0.928. The summed E-state index contributed by atoms with van der Waals surface area (Å²) in [6, 6.07) is 10.2. The Hall–Kier alpha value is -2.16. The van der Waals surface area contributed by atoms with Gasteiger partial charge in [-0.2, -0.15) is 0 Å². The monoisotopic (exact) mass is 398 g/mol. The van der Waals surface area contributed by atoms with E-state index in [4.69, 9.17) is 9.31 Å². The standard InChI is InChI=1S/C20H23BN2O4S/c1-14-11-16-17(21-26-19(2,3)20(4,5)27-21)13-23(18(16)12-22-14)28(24,25)15-9-7-6-8-10-15/h6-13H,1-5H3. The van der Waals surface area contributed by atoms with Gasteiger partial charge < -0.3 is 9.31 Å². The Bertz CT molecular complexity index is 1140. The molecule has 28 heavy (non-hydrogen) atoms. The van der Waals surface area contributed by atoms with Crippen LogP contribution in [0.5, 0.6) is 0 Å². The van der Waals surface area contributed by atoms with Gasteiger partial charge in [0.1, 0.15) is 0 Å². The first-order chi connectivity index (χ1) is 13.0. The van der Waals surface area contributed by atoms with Crippen molar-refractivity contribution in [2.45, 2.75) is 50.7 Å². The molecule has 3 aromatic rings. The fourth-order valence-corrected chi connectivity index (χ4v) is 4.67. The predicted molar refractivity (Wildman–Crippen MR) is 109 cm³/mol. The topological polar surface area (TPSA) is 70.4 Å². The second kappa shape index (κ2) is 6.17. The van der Waals surface area contributed by atoms with Crippen LogP contribution in [0.3, 0.4) is 0 Å². The van der Waals surface area contributed by atoms with E-state index in [1.807, 2.05) is 40.7 Å². The number of aryl methyl sites for hydroxylation is 1. The molecular formula is C20H23BN2O4S. The normalized spacial score (nSPS) is 18.7. The number of rotatable bonds is 3. The lowest BCUT2D eigenvalue weighted by atomic mass is 9.79. The van der Waals surface area contributed by atoms with Crippen LogP contribution in [-0.2, 0) is 19.3 Å². The second-order valence-corrected chi connectivity index (χ2v) is 9.94. The smallest absolute Gasteiger partial charge is 0.399 e. The van der Waals surface area contributed by atoms with Crippen molar-refractivity contribution in [3.63, 3.8) is 0 Å². The number of hydrogen-bond acceptors (Lipinski definition) is 5. The van der Waals surface area contributed by atoms with Crippen LogP contribution in [0.4, 0.5) is 0 Å². The third-order valence-electron chi connectivity index (χ3n) is 5.63. The van der Waals surface area contributed by atoms with Crippen LogP contribution in [0, 0.1) is 6.92 Å². The van der Waals surface area contributed by atoms with Crippen LogP contribution < -0.4 is 5.46 Å². The molecule has 0 radical (unpaired) electrons. The Morgan fingerprint density at radius 3 is 2.25 bits per heavy atom. The summed E-state index contributed by atoms with van der Waals surface area (Å²) in [5.74, 6) is 0. The molecule has 0 spiro atoms. The first-order valence-corrected chi connectivity index (χ1v) is 10.6. The van der Waals surface area contributed by atoms with Crippen molar-refractivity contribution >= 4 is 33.5 Å². The van der Waals surface area contributed by atoms with Crippen molar-refractivity contribution < 1.29 is 17.7 Å². The Balaban J connectivity index is 1.92. The van der Waals surface area contributed by atoms with Crippen molar-refractivity contribution in [2.24, 2.45) is 0 Å². The van der Waals surface area contributed by atoms with Gasteiger partial charge in [-0.3, -0.25) is 4.98 Å².